The van der Waals surface area contributed by atoms with E-state index in [1.54, 1.807) is 23.5 Å². The normalized spacial score (nSPS) is 11.4. The third kappa shape index (κ3) is 17.2. The zero-order valence-electron chi connectivity index (χ0n) is 13.2. The van der Waals surface area contributed by atoms with Crippen molar-refractivity contribution >= 4 is 81.8 Å². The summed E-state index contributed by atoms with van der Waals surface area (Å²) in [6, 6.07) is 0. The Morgan fingerprint density at radius 1 is 0.952 bits per heavy atom. The van der Waals surface area contributed by atoms with Crippen LogP contribution in [0.5, 0.6) is 0 Å². The van der Waals surface area contributed by atoms with Crippen molar-refractivity contribution in [2.45, 2.75) is 13.8 Å². The Bertz CT molecular complexity index is 282. The van der Waals surface area contributed by atoms with Crippen LogP contribution in [0.2, 0.25) is 0 Å². The van der Waals surface area contributed by atoms with E-state index in [1.807, 2.05) is 19.4 Å². The standard InChI is InChI=1S/C12H26N4OS2.2HI/c1-5-13-11(18-3)15-7-9-17-10-8-16-12(19-4)14-6-2;;/h5-10H2,1-4H3,(H,13,15)(H,14,16);2*1H. The molecule has 0 spiro atoms. The number of nitrogens with zero attached hydrogens (tertiary/aromatic N) is 2. The summed E-state index contributed by atoms with van der Waals surface area (Å²) in [5.74, 6) is 0. The van der Waals surface area contributed by atoms with Gasteiger partial charge in [0.05, 0.1) is 19.8 Å². The number of aliphatic imine (C=N–C) groups is 2. The minimum Gasteiger partial charge on any atom is -0.378 e. The largest absolute Gasteiger partial charge is 0.378 e. The molecular weight excluding hydrogens is 534 g/mol. The van der Waals surface area contributed by atoms with Gasteiger partial charge in [0.1, 0.15) is 0 Å². The Labute approximate surface area is 171 Å². The molecule has 0 saturated heterocycles. The summed E-state index contributed by atoms with van der Waals surface area (Å²) < 4.78 is 5.51. The number of rotatable bonds is 8. The average Bonchev–Trinajstić information content (AvgIpc) is 2.43. The third-order valence-electron chi connectivity index (χ3n) is 2.03. The fourth-order valence-corrected chi connectivity index (χ4v) is 2.24. The molecular formula is C12H28I2N4OS2. The van der Waals surface area contributed by atoms with Crippen molar-refractivity contribution in [1.29, 1.82) is 0 Å². The average molecular weight is 562 g/mol. The van der Waals surface area contributed by atoms with Crippen LogP contribution in [0.4, 0.5) is 0 Å². The van der Waals surface area contributed by atoms with E-state index in [-0.39, 0.29) is 48.0 Å². The lowest BCUT2D eigenvalue weighted by Crippen LogP contribution is -2.25. The van der Waals surface area contributed by atoms with Crippen molar-refractivity contribution in [3.8, 4) is 0 Å². The first-order chi connectivity index (χ1) is 9.28. The van der Waals surface area contributed by atoms with Gasteiger partial charge in [-0.05, 0) is 26.4 Å². The molecule has 9 heteroatoms. The van der Waals surface area contributed by atoms with Gasteiger partial charge < -0.3 is 15.4 Å². The van der Waals surface area contributed by atoms with E-state index in [1.165, 1.54) is 0 Å². The van der Waals surface area contributed by atoms with E-state index in [0.29, 0.717) is 19.8 Å². The van der Waals surface area contributed by atoms with Crippen LogP contribution < -0.4 is 10.6 Å². The van der Waals surface area contributed by atoms with E-state index in [0.717, 1.165) is 30.0 Å². The second-order valence-corrected chi connectivity index (χ2v) is 5.03. The highest BCUT2D eigenvalue weighted by Gasteiger charge is 1.95. The Hall–Kier alpha value is 1.06. The second-order valence-electron chi connectivity index (χ2n) is 3.44. The molecule has 0 aromatic carbocycles. The zero-order chi connectivity index (χ0) is 14.3. The molecule has 0 aliphatic heterocycles. The van der Waals surface area contributed by atoms with Crippen molar-refractivity contribution in [1.82, 2.24) is 10.6 Å². The van der Waals surface area contributed by atoms with Crippen LogP contribution in [-0.4, -0.2) is 62.2 Å². The molecule has 0 aromatic heterocycles. The highest BCUT2D eigenvalue weighted by Crippen LogP contribution is 1.95. The summed E-state index contributed by atoms with van der Waals surface area (Å²) in [6.45, 7) is 8.60. The number of hydrogen-bond acceptors (Lipinski definition) is 5. The molecule has 0 aliphatic rings. The summed E-state index contributed by atoms with van der Waals surface area (Å²) in [4.78, 5) is 8.72. The van der Waals surface area contributed by atoms with Crippen molar-refractivity contribution in [3.63, 3.8) is 0 Å². The first-order valence-electron chi connectivity index (χ1n) is 6.50. The molecule has 21 heavy (non-hydrogen) atoms. The monoisotopic (exact) mass is 562 g/mol. The number of hydrogen-bond donors (Lipinski definition) is 2. The Kier molecular flexibility index (Phi) is 27.0. The highest BCUT2D eigenvalue weighted by molar-refractivity contribution is 14.0. The molecule has 0 amide bonds. The Balaban J connectivity index is -0.00000162. The zero-order valence-corrected chi connectivity index (χ0v) is 19.5. The minimum atomic E-state index is 0. The van der Waals surface area contributed by atoms with Crippen molar-refractivity contribution in [3.05, 3.63) is 0 Å². The summed E-state index contributed by atoms with van der Waals surface area (Å²) in [7, 11) is 0. The van der Waals surface area contributed by atoms with Gasteiger partial charge >= 0.3 is 0 Å². The number of thioether (sulfide) groups is 2. The predicted octanol–water partition coefficient (Wildman–Crippen LogP) is 2.90. The summed E-state index contributed by atoms with van der Waals surface area (Å²) >= 11 is 3.25. The van der Waals surface area contributed by atoms with Crippen LogP contribution in [0.15, 0.2) is 9.98 Å². The molecule has 0 heterocycles. The third-order valence-corrected chi connectivity index (χ3v) is 3.35. The van der Waals surface area contributed by atoms with E-state index in [4.69, 9.17) is 4.74 Å². The van der Waals surface area contributed by atoms with Gasteiger partial charge in [-0.2, -0.15) is 0 Å². The maximum atomic E-state index is 5.51. The second kappa shape index (κ2) is 21.1. The van der Waals surface area contributed by atoms with Gasteiger partial charge in [0, 0.05) is 19.6 Å². The molecule has 0 unspecified atom stereocenters. The lowest BCUT2D eigenvalue weighted by atomic mass is 10.6. The number of ether oxygens (including phenoxy) is 1. The summed E-state index contributed by atoms with van der Waals surface area (Å²) in [5, 5.41) is 8.38. The van der Waals surface area contributed by atoms with E-state index < -0.39 is 0 Å². The first-order valence-corrected chi connectivity index (χ1v) is 8.95. The van der Waals surface area contributed by atoms with Crippen LogP contribution in [0.25, 0.3) is 0 Å². The number of halogens is 2. The van der Waals surface area contributed by atoms with Crippen molar-refractivity contribution in [2.75, 3.05) is 51.9 Å². The molecule has 0 fully saturated rings. The lowest BCUT2D eigenvalue weighted by Gasteiger charge is -2.08. The predicted molar refractivity (Wildman–Crippen MR) is 121 cm³/mol. The molecule has 0 aliphatic carbocycles. The fourth-order valence-electron chi connectivity index (χ4n) is 1.22. The van der Waals surface area contributed by atoms with E-state index in [2.05, 4.69) is 27.5 Å². The molecule has 0 bridgehead atoms. The maximum absolute atomic E-state index is 5.51. The molecule has 0 aromatic rings. The highest BCUT2D eigenvalue weighted by atomic mass is 127. The van der Waals surface area contributed by atoms with Gasteiger partial charge in [-0.25, -0.2) is 0 Å². The van der Waals surface area contributed by atoms with Crippen LogP contribution in [0, 0.1) is 0 Å². The number of amidine groups is 2. The van der Waals surface area contributed by atoms with Gasteiger partial charge in [-0.3, -0.25) is 9.98 Å². The van der Waals surface area contributed by atoms with Gasteiger partial charge in [-0.15, -0.1) is 48.0 Å². The molecule has 0 radical (unpaired) electrons. The molecule has 5 nitrogen and oxygen atoms in total. The molecule has 128 valence electrons. The molecule has 2 N–H and O–H groups in total. The van der Waals surface area contributed by atoms with Gasteiger partial charge in [-0.1, -0.05) is 23.5 Å². The first kappa shape index (κ1) is 26.9. The minimum absolute atomic E-state index is 0. The number of nitrogens with one attached hydrogen (secondary N) is 2. The van der Waals surface area contributed by atoms with Crippen molar-refractivity contribution in [2.24, 2.45) is 9.98 Å². The Morgan fingerprint density at radius 3 is 2.10 bits per heavy atom. The van der Waals surface area contributed by atoms with Crippen LogP contribution >= 0.6 is 71.5 Å². The lowest BCUT2D eigenvalue weighted by molar-refractivity contribution is 0.147. The Morgan fingerprint density at radius 2 is 1.57 bits per heavy atom. The maximum Gasteiger partial charge on any atom is 0.156 e. The summed E-state index contributed by atoms with van der Waals surface area (Å²) in [5.41, 5.74) is 0. The SMILES string of the molecule is CCN=C(NCCOCCN=C(NCC)SC)SC.I.I. The quantitative estimate of drug-likeness (QED) is 0.206. The van der Waals surface area contributed by atoms with Crippen molar-refractivity contribution < 1.29 is 4.74 Å². The molecule has 0 rings (SSSR count). The van der Waals surface area contributed by atoms with Crippen LogP contribution in [0.1, 0.15) is 13.8 Å². The van der Waals surface area contributed by atoms with Gasteiger partial charge in [0.2, 0.25) is 0 Å². The van der Waals surface area contributed by atoms with E-state index >= 15 is 0 Å². The molecule has 0 saturated carbocycles. The van der Waals surface area contributed by atoms with Crippen LogP contribution in [0.3, 0.4) is 0 Å². The van der Waals surface area contributed by atoms with Gasteiger partial charge in [0.25, 0.3) is 0 Å². The van der Waals surface area contributed by atoms with Gasteiger partial charge in [0.15, 0.2) is 10.3 Å². The smallest absolute Gasteiger partial charge is 0.156 e. The fraction of sp³-hybridized carbons (Fsp3) is 0.833. The molecule has 0 atom stereocenters. The topological polar surface area (TPSA) is 58.0 Å². The summed E-state index contributed by atoms with van der Waals surface area (Å²) in [6.07, 6.45) is 4.03. The van der Waals surface area contributed by atoms with E-state index in [9.17, 15) is 0 Å². The van der Waals surface area contributed by atoms with Crippen LogP contribution in [-0.2, 0) is 4.74 Å².